The van der Waals surface area contributed by atoms with Gasteiger partial charge in [-0.3, -0.25) is 9.59 Å². The normalized spacial score (nSPS) is 19.5. The van der Waals surface area contributed by atoms with E-state index in [1.165, 1.54) is 0 Å². The standard InChI is InChI=1S/C16H24N2O3S/c1-9(2)12(5)17-15(19)13-7-22-8-18(13)16(20)14-10(3)6-11(4)21-14/h6,9,12-13H,7-8H2,1-5H3,(H,17,19)/t12-,13+/m1/s1. The van der Waals surface area contributed by atoms with E-state index in [-0.39, 0.29) is 17.9 Å². The number of hydrogen-bond donors (Lipinski definition) is 1. The number of amides is 2. The van der Waals surface area contributed by atoms with E-state index < -0.39 is 6.04 Å². The van der Waals surface area contributed by atoms with Crippen molar-refractivity contribution in [2.75, 3.05) is 11.6 Å². The van der Waals surface area contributed by atoms with Gasteiger partial charge in [0.2, 0.25) is 5.91 Å². The Kier molecular flexibility index (Phi) is 5.21. The van der Waals surface area contributed by atoms with E-state index in [0.29, 0.717) is 29.1 Å². The number of nitrogens with zero attached hydrogens (tertiary/aromatic N) is 1. The topological polar surface area (TPSA) is 62.6 Å². The molecule has 0 unspecified atom stereocenters. The molecular weight excluding hydrogens is 300 g/mol. The monoisotopic (exact) mass is 324 g/mol. The number of nitrogens with one attached hydrogen (secondary N) is 1. The van der Waals surface area contributed by atoms with Gasteiger partial charge >= 0.3 is 0 Å². The van der Waals surface area contributed by atoms with Crippen LogP contribution in [0.25, 0.3) is 0 Å². The van der Waals surface area contributed by atoms with E-state index >= 15 is 0 Å². The summed E-state index contributed by atoms with van der Waals surface area (Å²) in [7, 11) is 0. The summed E-state index contributed by atoms with van der Waals surface area (Å²) in [5.41, 5.74) is 0.814. The Balaban J connectivity index is 2.12. The molecule has 1 aromatic rings. The van der Waals surface area contributed by atoms with Gasteiger partial charge in [-0.25, -0.2) is 0 Å². The van der Waals surface area contributed by atoms with Crippen molar-refractivity contribution in [3.63, 3.8) is 0 Å². The fourth-order valence-electron chi connectivity index (χ4n) is 2.33. The number of thioether (sulfide) groups is 1. The van der Waals surface area contributed by atoms with Gasteiger partial charge < -0.3 is 14.6 Å². The number of hydrogen-bond acceptors (Lipinski definition) is 4. The van der Waals surface area contributed by atoms with E-state index in [1.54, 1.807) is 16.7 Å². The molecule has 2 atom stereocenters. The van der Waals surface area contributed by atoms with Crippen LogP contribution in [0.1, 0.15) is 42.6 Å². The first-order valence-electron chi connectivity index (χ1n) is 7.57. The second-order valence-corrected chi connectivity index (χ2v) is 7.20. The molecule has 1 aliphatic heterocycles. The zero-order valence-corrected chi connectivity index (χ0v) is 14.6. The van der Waals surface area contributed by atoms with Crippen molar-refractivity contribution in [2.24, 2.45) is 5.92 Å². The maximum absolute atomic E-state index is 12.7. The summed E-state index contributed by atoms with van der Waals surface area (Å²) in [6, 6.07) is 1.50. The molecule has 2 amide bonds. The van der Waals surface area contributed by atoms with Crippen molar-refractivity contribution in [1.29, 1.82) is 0 Å². The molecule has 0 aromatic carbocycles. The maximum Gasteiger partial charge on any atom is 0.291 e. The van der Waals surface area contributed by atoms with Crippen LogP contribution >= 0.6 is 11.8 Å². The molecule has 2 rings (SSSR count). The van der Waals surface area contributed by atoms with Crippen molar-refractivity contribution in [3.8, 4) is 0 Å². The van der Waals surface area contributed by atoms with Crippen LogP contribution in [0.3, 0.4) is 0 Å². The first-order valence-corrected chi connectivity index (χ1v) is 8.72. The average Bonchev–Trinajstić information content (AvgIpc) is 3.04. The molecule has 22 heavy (non-hydrogen) atoms. The number of aryl methyl sites for hydroxylation is 2. The van der Waals surface area contributed by atoms with Gasteiger partial charge in [-0.15, -0.1) is 11.8 Å². The quantitative estimate of drug-likeness (QED) is 0.924. The minimum atomic E-state index is -0.427. The molecule has 0 radical (unpaired) electrons. The summed E-state index contributed by atoms with van der Waals surface area (Å²) in [6.45, 7) is 9.77. The summed E-state index contributed by atoms with van der Waals surface area (Å²) in [5, 5.41) is 3.00. The van der Waals surface area contributed by atoms with Crippen molar-refractivity contribution in [1.82, 2.24) is 10.2 Å². The van der Waals surface area contributed by atoms with Crippen molar-refractivity contribution >= 4 is 23.6 Å². The Bertz CT molecular complexity index is 568. The number of rotatable bonds is 4. The molecular formula is C16H24N2O3S. The molecule has 0 spiro atoms. The lowest BCUT2D eigenvalue weighted by Gasteiger charge is -2.25. The first kappa shape index (κ1) is 16.9. The van der Waals surface area contributed by atoms with Crippen LogP contribution in [-0.4, -0.2) is 40.4 Å². The molecule has 6 heteroatoms. The molecule has 1 aromatic heterocycles. The highest BCUT2D eigenvalue weighted by Crippen LogP contribution is 2.25. The smallest absolute Gasteiger partial charge is 0.291 e. The van der Waals surface area contributed by atoms with Gasteiger partial charge in [-0.05, 0) is 32.8 Å². The molecule has 1 N–H and O–H groups in total. The third kappa shape index (κ3) is 3.48. The summed E-state index contributed by atoms with van der Waals surface area (Å²) < 4.78 is 5.50. The largest absolute Gasteiger partial charge is 0.456 e. The molecule has 1 aliphatic rings. The molecule has 2 heterocycles. The third-order valence-corrected chi connectivity index (χ3v) is 5.06. The van der Waals surface area contributed by atoms with E-state index in [1.807, 2.05) is 26.8 Å². The molecule has 1 fully saturated rings. The Morgan fingerprint density at radius 2 is 2.05 bits per heavy atom. The van der Waals surface area contributed by atoms with Gasteiger partial charge in [0.1, 0.15) is 11.8 Å². The Labute approximate surface area is 135 Å². The number of carbonyl (C=O) groups is 2. The average molecular weight is 324 g/mol. The summed E-state index contributed by atoms with van der Waals surface area (Å²) in [6.07, 6.45) is 0. The zero-order chi connectivity index (χ0) is 16.4. The first-order chi connectivity index (χ1) is 10.3. The van der Waals surface area contributed by atoms with Crippen LogP contribution in [0.5, 0.6) is 0 Å². The number of carbonyl (C=O) groups excluding carboxylic acids is 2. The SMILES string of the molecule is Cc1cc(C)c(C(=O)N2CSC[C@H]2C(=O)N[C@H](C)C(C)C)o1. The van der Waals surface area contributed by atoms with Gasteiger partial charge in [0, 0.05) is 17.4 Å². The third-order valence-electron chi connectivity index (χ3n) is 4.05. The Morgan fingerprint density at radius 1 is 1.36 bits per heavy atom. The maximum atomic E-state index is 12.7. The molecule has 1 saturated heterocycles. The van der Waals surface area contributed by atoms with Crippen LogP contribution in [0.15, 0.2) is 10.5 Å². The van der Waals surface area contributed by atoms with E-state index in [0.717, 1.165) is 5.56 Å². The zero-order valence-electron chi connectivity index (χ0n) is 13.8. The minimum absolute atomic E-state index is 0.0829. The van der Waals surface area contributed by atoms with Gasteiger partial charge in [0.15, 0.2) is 5.76 Å². The molecule has 0 saturated carbocycles. The lowest BCUT2D eigenvalue weighted by molar-refractivity contribution is -0.125. The van der Waals surface area contributed by atoms with Crippen molar-refractivity contribution in [3.05, 3.63) is 23.2 Å². The fraction of sp³-hybridized carbons (Fsp3) is 0.625. The van der Waals surface area contributed by atoms with Crippen LogP contribution < -0.4 is 5.32 Å². The van der Waals surface area contributed by atoms with E-state index in [2.05, 4.69) is 19.2 Å². The summed E-state index contributed by atoms with van der Waals surface area (Å²) >= 11 is 1.59. The predicted octanol–water partition coefficient (Wildman–Crippen LogP) is 2.57. The summed E-state index contributed by atoms with van der Waals surface area (Å²) in [5.74, 6) is 2.27. The number of furan rings is 1. The predicted molar refractivity (Wildman–Crippen MR) is 87.9 cm³/mol. The Morgan fingerprint density at radius 3 is 2.59 bits per heavy atom. The van der Waals surface area contributed by atoms with Gasteiger partial charge in [0.25, 0.3) is 5.91 Å². The van der Waals surface area contributed by atoms with Crippen molar-refractivity contribution in [2.45, 2.75) is 46.7 Å². The van der Waals surface area contributed by atoms with Crippen LogP contribution in [0.2, 0.25) is 0 Å². The van der Waals surface area contributed by atoms with Gasteiger partial charge in [-0.2, -0.15) is 0 Å². The van der Waals surface area contributed by atoms with Gasteiger partial charge in [0.05, 0.1) is 5.88 Å². The second-order valence-electron chi connectivity index (χ2n) is 6.20. The summed E-state index contributed by atoms with van der Waals surface area (Å²) in [4.78, 5) is 26.7. The highest BCUT2D eigenvalue weighted by molar-refractivity contribution is 7.99. The Hall–Kier alpha value is -1.43. The van der Waals surface area contributed by atoms with Gasteiger partial charge in [-0.1, -0.05) is 13.8 Å². The minimum Gasteiger partial charge on any atom is -0.456 e. The molecule has 0 bridgehead atoms. The van der Waals surface area contributed by atoms with E-state index in [9.17, 15) is 9.59 Å². The van der Waals surface area contributed by atoms with Crippen LogP contribution in [0, 0.1) is 19.8 Å². The lowest BCUT2D eigenvalue weighted by atomic mass is 10.1. The lowest BCUT2D eigenvalue weighted by Crippen LogP contribution is -2.50. The molecule has 122 valence electrons. The highest BCUT2D eigenvalue weighted by Gasteiger charge is 2.37. The van der Waals surface area contributed by atoms with Crippen molar-refractivity contribution < 1.29 is 14.0 Å². The van der Waals surface area contributed by atoms with E-state index in [4.69, 9.17) is 4.42 Å². The van der Waals surface area contributed by atoms with Crippen LogP contribution in [-0.2, 0) is 4.79 Å². The fourth-order valence-corrected chi connectivity index (χ4v) is 3.49. The second kappa shape index (κ2) is 6.77. The molecule has 0 aliphatic carbocycles. The highest BCUT2D eigenvalue weighted by atomic mass is 32.2. The van der Waals surface area contributed by atoms with Crippen LogP contribution in [0.4, 0.5) is 0 Å². The molecule has 5 nitrogen and oxygen atoms in total.